The van der Waals surface area contributed by atoms with Crippen LogP contribution < -0.4 is 16.6 Å². The van der Waals surface area contributed by atoms with Crippen LogP contribution >= 0.6 is 0 Å². The fraction of sp³-hybridized carbons (Fsp3) is 0.425. The van der Waals surface area contributed by atoms with Gasteiger partial charge in [0.05, 0.1) is 27.1 Å². The summed E-state index contributed by atoms with van der Waals surface area (Å²) in [7, 11) is 0. The summed E-state index contributed by atoms with van der Waals surface area (Å²) in [6.07, 6.45) is 0.968. The van der Waals surface area contributed by atoms with Gasteiger partial charge in [0, 0.05) is 66.7 Å². The number of allylic oxidation sites excluding steroid dienone is 1. The molecule has 0 spiro atoms. The van der Waals surface area contributed by atoms with E-state index in [1.807, 2.05) is 13.8 Å². The Kier molecular flexibility index (Phi) is 11.5. The Balaban J connectivity index is 0.000000181. The number of carbonyl (C=O) groups is 3. The minimum Gasteiger partial charge on any atom is -0.456 e. The molecule has 2 amide bonds. The summed E-state index contributed by atoms with van der Waals surface area (Å²) in [5.74, 6) is -1.20. The third kappa shape index (κ3) is 8.34. The van der Waals surface area contributed by atoms with Crippen molar-refractivity contribution in [2.45, 2.75) is 89.4 Å². The van der Waals surface area contributed by atoms with Crippen molar-refractivity contribution < 1.29 is 48.3 Å². The maximum Gasteiger partial charge on any atom is 0.338 e. The van der Waals surface area contributed by atoms with Gasteiger partial charge in [-0.1, -0.05) is 13.5 Å². The number of aromatic nitrogens is 2. The highest BCUT2D eigenvalue weighted by molar-refractivity contribution is 5.90. The van der Waals surface area contributed by atoms with Gasteiger partial charge in [-0.3, -0.25) is 39.5 Å². The third-order valence-corrected chi connectivity index (χ3v) is 11.7. The van der Waals surface area contributed by atoms with Crippen molar-refractivity contribution in [2.24, 2.45) is 17.8 Å². The van der Waals surface area contributed by atoms with E-state index < -0.39 is 69.9 Å². The maximum absolute atomic E-state index is 12.5. The minimum atomic E-state index is -0.734. The van der Waals surface area contributed by atoms with Gasteiger partial charge in [0.25, 0.3) is 16.9 Å². The molecule has 5 aliphatic rings. The molecule has 10 atom stereocenters. The molecular weight excluding hydrogens is 788 g/mol. The fourth-order valence-electron chi connectivity index (χ4n) is 8.38. The molecular formula is C40H42N6O14. The number of nitro benzene ring substituents is 2. The van der Waals surface area contributed by atoms with E-state index in [2.05, 4.69) is 16.9 Å². The third-order valence-electron chi connectivity index (χ3n) is 11.7. The number of benzene rings is 2. The van der Waals surface area contributed by atoms with E-state index in [1.165, 1.54) is 64.2 Å². The molecule has 0 bridgehead atoms. The van der Waals surface area contributed by atoms with Gasteiger partial charge in [-0.2, -0.15) is 0 Å². The van der Waals surface area contributed by atoms with Crippen LogP contribution in [0.15, 0.2) is 88.4 Å². The van der Waals surface area contributed by atoms with Crippen LogP contribution in [0, 0.1) is 44.9 Å². The quantitative estimate of drug-likeness (QED) is 0.165. The number of urea groups is 1. The second-order valence-corrected chi connectivity index (χ2v) is 15.5. The normalized spacial score (nSPS) is 29.1. The summed E-state index contributed by atoms with van der Waals surface area (Å²) < 4.78 is 24.7. The molecule has 4 heterocycles. The number of non-ortho nitro benzene ring substituents is 2. The first kappa shape index (κ1) is 41.6. The Morgan fingerprint density at radius 2 is 1.33 bits per heavy atom. The molecule has 2 saturated carbocycles. The van der Waals surface area contributed by atoms with Crippen molar-refractivity contribution in [1.82, 2.24) is 19.8 Å². The highest BCUT2D eigenvalue weighted by Gasteiger charge is 2.54. The number of rotatable bonds is 8. The lowest BCUT2D eigenvalue weighted by Crippen LogP contribution is -2.46. The van der Waals surface area contributed by atoms with E-state index in [0.29, 0.717) is 30.5 Å². The smallest absolute Gasteiger partial charge is 0.338 e. The number of esters is 2. The molecule has 60 heavy (non-hydrogen) atoms. The van der Waals surface area contributed by atoms with Gasteiger partial charge >= 0.3 is 23.7 Å². The number of aliphatic hydroxyl groups is 1. The fourth-order valence-corrected chi connectivity index (χ4v) is 8.38. The summed E-state index contributed by atoms with van der Waals surface area (Å²) in [5, 5.41) is 34.6. The van der Waals surface area contributed by atoms with Crippen LogP contribution in [0.3, 0.4) is 0 Å². The number of aryl methyl sites for hydroxylation is 1. The number of aromatic amines is 1. The molecule has 316 valence electrons. The number of nitrogens with one attached hydrogen (secondary N) is 2. The molecule has 3 N–H and O–H groups in total. The van der Waals surface area contributed by atoms with Crippen LogP contribution in [0.5, 0.6) is 0 Å². The van der Waals surface area contributed by atoms with Gasteiger partial charge in [-0.15, -0.1) is 0 Å². The summed E-state index contributed by atoms with van der Waals surface area (Å²) in [6, 6.07) is 9.94. The number of amides is 2. The van der Waals surface area contributed by atoms with Crippen molar-refractivity contribution in [3.8, 4) is 0 Å². The molecule has 3 aliphatic heterocycles. The van der Waals surface area contributed by atoms with Gasteiger partial charge in [-0.25, -0.2) is 19.2 Å². The van der Waals surface area contributed by atoms with Crippen molar-refractivity contribution >= 4 is 29.3 Å². The summed E-state index contributed by atoms with van der Waals surface area (Å²) >= 11 is 0. The largest absolute Gasteiger partial charge is 0.456 e. The number of carbonyl (C=O) groups excluding carboxylic acids is 3. The monoisotopic (exact) mass is 830 g/mol. The predicted octanol–water partition coefficient (Wildman–Crippen LogP) is 3.98. The lowest BCUT2D eigenvalue weighted by molar-refractivity contribution is -0.385. The lowest BCUT2D eigenvalue weighted by Gasteiger charge is -2.31. The predicted molar refractivity (Wildman–Crippen MR) is 207 cm³/mol. The first-order chi connectivity index (χ1) is 28.5. The summed E-state index contributed by atoms with van der Waals surface area (Å²) in [4.78, 5) is 85.2. The van der Waals surface area contributed by atoms with Gasteiger partial charge in [0.1, 0.15) is 36.9 Å². The van der Waals surface area contributed by atoms with E-state index in [0.717, 1.165) is 5.57 Å². The van der Waals surface area contributed by atoms with Crippen LogP contribution in [-0.2, 0) is 18.9 Å². The molecule has 2 saturated heterocycles. The topological polar surface area (TPSA) is 265 Å². The molecule has 2 aromatic carbocycles. The van der Waals surface area contributed by atoms with Crippen LogP contribution in [0.1, 0.15) is 72.0 Å². The zero-order valence-electron chi connectivity index (χ0n) is 32.6. The number of fused-ring (bicyclic) bond motifs is 2. The number of hydrogen-bond acceptors (Lipinski definition) is 14. The number of H-pyrrole nitrogens is 1. The van der Waals surface area contributed by atoms with E-state index in [-0.39, 0.29) is 58.8 Å². The molecule has 4 fully saturated rings. The Labute approximate surface area is 340 Å². The Hall–Kier alpha value is -6.51. The van der Waals surface area contributed by atoms with Crippen molar-refractivity contribution in [3.63, 3.8) is 0 Å². The molecule has 20 heteroatoms. The van der Waals surface area contributed by atoms with E-state index in [4.69, 9.17) is 18.9 Å². The Bertz CT molecular complexity index is 2380. The Morgan fingerprint density at radius 3 is 1.90 bits per heavy atom. The van der Waals surface area contributed by atoms with Gasteiger partial charge < -0.3 is 29.4 Å². The second kappa shape index (κ2) is 16.6. The molecule has 20 nitrogen and oxygen atoms in total. The maximum atomic E-state index is 12.5. The van der Waals surface area contributed by atoms with Gasteiger partial charge in [0.2, 0.25) is 0 Å². The van der Waals surface area contributed by atoms with Crippen LogP contribution in [0.25, 0.3) is 0 Å². The number of aliphatic hydroxyl groups excluding tert-OH is 1. The molecule has 2 aliphatic carbocycles. The number of nitro groups is 2. The SMILES string of the molecule is C=C1NC(=O)N([C@@H]2C[C@@H]3[C@H](O2)[C@H](OC(=O)c2ccc([N+](=O)[O-])cc2)C[C@H]3O)C=C1C.Cc1cn([C@@H]2C[C@@H]3[C@H](O2)[C@H](OC(=O)c2ccc([N+](=O)[O-])cc2)C[C@H]3C)c(=O)[nH]c1=O. The first-order valence-electron chi connectivity index (χ1n) is 19.2. The van der Waals surface area contributed by atoms with Crippen LogP contribution in [-0.4, -0.2) is 84.1 Å². The molecule has 3 aromatic rings. The highest BCUT2D eigenvalue weighted by atomic mass is 16.6. The zero-order chi connectivity index (χ0) is 43.2. The average Bonchev–Trinajstić information content (AvgIpc) is 3.98. The van der Waals surface area contributed by atoms with Crippen molar-refractivity contribution in [1.29, 1.82) is 0 Å². The molecule has 8 rings (SSSR count). The zero-order valence-corrected chi connectivity index (χ0v) is 32.6. The lowest BCUT2D eigenvalue weighted by atomic mass is 9.94. The Morgan fingerprint density at radius 1 is 0.817 bits per heavy atom. The first-order valence-corrected chi connectivity index (χ1v) is 19.2. The standard InChI is InChI=1S/2C20H21N3O7/c1-10-9-22(20(26)21-11(10)2)17-7-14-15(24)8-16(18(14)30-17)29-19(25)12-3-5-13(6-4-12)23(27)28;1-10-7-15(29-19(25)12-3-5-13(6-4-12)23(27)28)17-14(10)8-16(30-17)22-9-11(2)18(24)21-20(22)26/h3-6,9,14-18,24H,2,7-8H2,1H3,(H,21,26);3-6,9-10,14-17H,7-8H2,1-2H3,(H,21,24,26)/t14-,15+,16+,17-,18-;10-,14+,15-,16+,17+/m01/s1. The summed E-state index contributed by atoms with van der Waals surface area (Å²) in [6.45, 7) is 9.23. The van der Waals surface area contributed by atoms with Crippen molar-refractivity contribution in [3.05, 3.63) is 137 Å². The van der Waals surface area contributed by atoms with Crippen LogP contribution in [0.4, 0.5) is 16.2 Å². The molecule has 0 radical (unpaired) electrons. The number of ether oxygens (including phenoxy) is 4. The van der Waals surface area contributed by atoms with Gasteiger partial charge in [0.15, 0.2) is 0 Å². The van der Waals surface area contributed by atoms with Crippen molar-refractivity contribution in [2.75, 3.05) is 0 Å². The average molecular weight is 831 g/mol. The van der Waals surface area contributed by atoms with E-state index >= 15 is 0 Å². The number of nitrogens with zero attached hydrogens (tertiary/aromatic N) is 4. The molecule has 1 aromatic heterocycles. The highest BCUT2D eigenvalue weighted by Crippen LogP contribution is 2.47. The number of hydrogen-bond donors (Lipinski definition) is 3. The summed E-state index contributed by atoms with van der Waals surface area (Å²) in [5.41, 5.74) is 0.894. The molecule has 0 unspecified atom stereocenters. The minimum absolute atomic E-state index is 0.101. The van der Waals surface area contributed by atoms with E-state index in [9.17, 15) is 49.3 Å². The van der Waals surface area contributed by atoms with Gasteiger partial charge in [-0.05, 0) is 68.4 Å². The second-order valence-electron chi connectivity index (χ2n) is 15.5. The van der Waals surface area contributed by atoms with Crippen LogP contribution in [0.2, 0.25) is 0 Å². The van der Waals surface area contributed by atoms with E-state index in [1.54, 1.807) is 13.1 Å².